The van der Waals surface area contributed by atoms with Crippen molar-refractivity contribution in [3.63, 3.8) is 0 Å². The van der Waals surface area contributed by atoms with Gasteiger partial charge in [0, 0.05) is 22.7 Å². The summed E-state index contributed by atoms with van der Waals surface area (Å²) in [6.07, 6.45) is -0.503. The van der Waals surface area contributed by atoms with Crippen LogP contribution in [0.4, 0.5) is 18.9 Å². The van der Waals surface area contributed by atoms with Gasteiger partial charge in [0.25, 0.3) is 0 Å². The maximum Gasteiger partial charge on any atom is 0.416 e. The molecule has 0 saturated carbocycles. The zero-order valence-electron chi connectivity index (χ0n) is 26.4. The second kappa shape index (κ2) is 13.6. The summed E-state index contributed by atoms with van der Waals surface area (Å²) in [4.78, 5) is 14.7. The van der Waals surface area contributed by atoms with Crippen molar-refractivity contribution in [3.8, 4) is 16.9 Å². The fourth-order valence-electron chi connectivity index (χ4n) is 6.65. The molecule has 0 unspecified atom stereocenters. The standard InChI is InChI=1S/C39H40F3N3O/c1-27(2)38(46)43-32-11-8-10-30(26-32)28-21-24-44(25-22-28)23-9-15-35-34-14-6-7-16-36(34)45(33-12-4-3-5-13-33)37(35)29-17-19-31(20-18-29)39(40,41)42/h3-8,10-14,16-20,26-28H,9,15,21-25H2,1-2H3,(H,43,46). The molecular weight excluding hydrogens is 583 g/mol. The summed E-state index contributed by atoms with van der Waals surface area (Å²) in [6.45, 7) is 6.75. The number of carbonyl (C=O) groups is 1. The summed E-state index contributed by atoms with van der Waals surface area (Å²) >= 11 is 0. The molecule has 0 spiro atoms. The maximum absolute atomic E-state index is 13.4. The highest BCUT2D eigenvalue weighted by Crippen LogP contribution is 2.39. The summed E-state index contributed by atoms with van der Waals surface area (Å²) in [7, 11) is 0. The Morgan fingerprint density at radius 1 is 0.870 bits per heavy atom. The Balaban J connectivity index is 1.20. The number of hydrogen-bond acceptors (Lipinski definition) is 2. The number of nitrogens with zero attached hydrogens (tertiary/aromatic N) is 2. The Bertz CT molecular complexity index is 1780. The molecule has 2 heterocycles. The highest BCUT2D eigenvalue weighted by Gasteiger charge is 2.30. The maximum atomic E-state index is 13.4. The Morgan fingerprint density at radius 2 is 1.57 bits per heavy atom. The van der Waals surface area contributed by atoms with Crippen LogP contribution in [0.3, 0.4) is 0 Å². The normalized spacial score (nSPS) is 14.7. The predicted octanol–water partition coefficient (Wildman–Crippen LogP) is 9.72. The van der Waals surface area contributed by atoms with Gasteiger partial charge >= 0.3 is 6.18 Å². The lowest BCUT2D eigenvalue weighted by atomic mass is 9.89. The first-order valence-electron chi connectivity index (χ1n) is 16.2. The van der Waals surface area contributed by atoms with E-state index in [4.69, 9.17) is 0 Å². The van der Waals surface area contributed by atoms with Crippen LogP contribution in [0.15, 0.2) is 103 Å². The van der Waals surface area contributed by atoms with E-state index < -0.39 is 11.7 Å². The monoisotopic (exact) mass is 623 g/mol. The molecule has 46 heavy (non-hydrogen) atoms. The first-order chi connectivity index (χ1) is 22.2. The Hall–Kier alpha value is -4.36. The lowest BCUT2D eigenvalue weighted by molar-refractivity contribution is -0.137. The fourth-order valence-corrected chi connectivity index (χ4v) is 6.65. The molecule has 1 N–H and O–H groups in total. The molecule has 6 rings (SSSR count). The van der Waals surface area contributed by atoms with Gasteiger partial charge in [-0.25, -0.2) is 0 Å². The molecule has 1 fully saturated rings. The molecule has 0 bridgehead atoms. The third-order valence-corrected chi connectivity index (χ3v) is 9.12. The number of nitrogens with one attached hydrogen (secondary N) is 1. The number of aryl methyl sites for hydroxylation is 1. The first kappa shape index (κ1) is 31.6. The Kier molecular flexibility index (Phi) is 9.32. The van der Waals surface area contributed by atoms with E-state index in [0.717, 1.165) is 84.4 Å². The lowest BCUT2D eigenvalue weighted by Gasteiger charge is -2.32. The van der Waals surface area contributed by atoms with Gasteiger partial charge in [0.15, 0.2) is 0 Å². The van der Waals surface area contributed by atoms with Gasteiger partial charge in [0.05, 0.1) is 16.8 Å². The van der Waals surface area contributed by atoms with E-state index in [0.29, 0.717) is 5.92 Å². The van der Waals surface area contributed by atoms with Gasteiger partial charge in [-0.15, -0.1) is 0 Å². The molecule has 1 aliphatic heterocycles. The van der Waals surface area contributed by atoms with E-state index in [1.165, 1.54) is 17.7 Å². The van der Waals surface area contributed by atoms with Crippen LogP contribution in [0.5, 0.6) is 0 Å². The van der Waals surface area contributed by atoms with Crippen LogP contribution in [0.25, 0.3) is 27.8 Å². The minimum absolute atomic E-state index is 0.0281. The number of anilines is 1. The topological polar surface area (TPSA) is 37.3 Å². The Morgan fingerprint density at radius 3 is 2.26 bits per heavy atom. The fraction of sp³-hybridized carbons (Fsp3) is 0.308. The molecule has 1 saturated heterocycles. The van der Waals surface area contributed by atoms with Crippen molar-refractivity contribution in [2.45, 2.75) is 51.6 Å². The first-order valence-corrected chi connectivity index (χ1v) is 16.2. The van der Waals surface area contributed by atoms with Crippen molar-refractivity contribution in [2.24, 2.45) is 5.92 Å². The van der Waals surface area contributed by atoms with Gasteiger partial charge in [-0.3, -0.25) is 4.79 Å². The number of aromatic nitrogens is 1. The number of amides is 1. The molecule has 0 atom stereocenters. The van der Waals surface area contributed by atoms with Crippen molar-refractivity contribution in [3.05, 3.63) is 120 Å². The molecule has 0 radical (unpaired) electrons. The Labute approximate surface area is 268 Å². The van der Waals surface area contributed by atoms with Crippen molar-refractivity contribution >= 4 is 22.5 Å². The number of piperidine rings is 1. The summed E-state index contributed by atoms with van der Waals surface area (Å²) in [5.74, 6) is 0.426. The number of para-hydroxylation sites is 2. The van der Waals surface area contributed by atoms with Gasteiger partial charge in [-0.05, 0) is 110 Å². The van der Waals surface area contributed by atoms with Crippen molar-refractivity contribution in [1.82, 2.24) is 9.47 Å². The molecule has 1 aliphatic rings. The van der Waals surface area contributed by atoms with Crippen LogP contribution >= 0.6 is 0 Å². The van der Waals surface area contributed by atoms with E-state index in [9.17, 15) is 18.0 Å². The predicted molar refractivity (Wildman–Crippen MR) is 180 cm³/mol. The van der Waals surface area contributed by atoms with E-state index in [1.54, 1.807) is 12.1 Å². The van der Waals surface area contributed by atoms with E-state index >= 15 is 0 Å². The van der Waals surface area contributed by atoms with Gasteiger partial charge in [0.1, 0.15) is 0 Å². The second-order valence-electron chi connectivity index (χ2n) is 12.6. The molecule has 4 nitrogen and oxygen atoms in total. The quantitative estimate of drug-likeness (QED) is 0.178. The number of carbonyl (C=O) groups excluding carboxylic acids is 1. The zero-order valence-corrected chi connectivity index (χ0v) is 26.4. The minimum atomic E-state index is -4.38. The van der Waals surface area contributed by atoms with Crippen LogP contribution in [0, 0.1) is 5.92 Å². The number of benzene rings is 4. The summed E-state index contributed by atoms with van der Waals surface area (Å²) in [6, 6.07) is 32.1. The minimum Gasteiger partial charge on any atom is -0.326 e. The third kappa shape index (κ3) is 6.90. The van der Waals surface area contributed by atoms with Crippen LogP contribution in [0.1, 0.15) is 55.7 Å². The average molecular weight is 624 g/mol. The van der Waals surface area contributed by atoms with Gasteiger partial charge < -0.3 is 14.8 Å². The second-order valence-corrected chi connectivity index (χ2v) is 12.6. The number of likely N-dealkylation sites (tertiary alicyclic amines) is 1. The molecule has 4 aromatic carbocycles. The van der Waals surface area contributed by atoms with Crippen molar-refractivity contribution in [1.29, 1.82) is 0 Å². The molecule has 0 aliphatic carbocycles. The van der Waals surface area contributed by atoms with Gasteiger partial charge in [-0.2, -0.15) is 13.2 Å². The van der Waals surface area contributed by atoms with E-state index in [2.05, 4.69) is 39.0 Å². The number of fused-ring (bicyclic) bond motifs is 1. The molecule has 7 heteroatoms. The lowest BCUT2D eigenvalue weighted by Crippen LogP contribution is -2.33. The largest absolute Gasteiger partial charge is 0.416 e. The van der Waals surface area contributed by atoms with Gasteiger partial charge in [-0.1, -0.05) is 74.5 Å². The van der Waals surface area contributed by atoms with Crippen LogP contribution in [-0.2, 0) is 17.4 Å². The molecule has 5 aromatic rings. The van der Waals surface area contributed by atoms with Crippen LogP contribution < -0.4 is 5.32 Å². The number of alkyl halides is 3. The summed E-state index contributed by atoms with van der Waals surface area (Å²) in [5, 5.41) is 4.15. The highest BCUT2D eigenvalue weighted by molar-refractivity contribution is 5.94. The average Bonchev–Trinajstić information content (AvgIpc) is 3.39. The molecular formula is C39H40F3N3O. The third-order valence-electron chi connectivity index (χ3n) is 9.12. The number of rotatable bonds is 9. The van der Waals surface area contributed by atoms with E-state index in [1.807, 2.05) is 68.4 Å². The molecule has 1 amide bonds. The van der Waals surface area contributed by atoms with Gasteiger partial charge in [0.2, 0.25) is 5.91 Å². The number of halogens is 3. The zero-order chi connectivity index (χ0) is 32.3. The van der Waals surface area contributed by atoms with Crippen molar-refractivity contribution in [2.75, 3.05) is 25.0 Å². The molecule has 1 aromatic heterocycles. The summed E-state index contributed by atoms with van der Waals surface area (Å²) < 4.78 is 42.5. The molecule has 238 valence electrons. The smallest absolute Gasteiger partial charge is 0.326 e. The van der Waals surface area contributed by atoms with Crippen molar-refractivity contribution < 1.29 is 18.0 Å². The SMILES string of the molecule is CC(C)C(=O)Nc1cccc(C2CCN(CCCc3c(-c4ccc(C(F)(F)F)cc4)n(-c4ccccc4)c4ccccc34)CC2)c1. The highest BCUT2D eigenvalue weighted by atomic mass is 19.4. The van der Waals surface area contributed by atoms with Crippen LogP contribution in [-0.4, -0.2) is 35.0 Å². The number of hydrogen-bond donors (Lipinski definition) is 1. The van der Waals surface area contributed by atoms with E-state index in [-0.39, 0.29) is 11.8 Å². The summed E-state index contributed by atoms with van der Waals surface area (Å²) in [5.41, 5.74) is 6.40. The van der Waals surface area contributed by atoms with Crippen LogP contribution in [0.2, 0.25) is 0 Å².